The highest BCUT2D eigenvalue weighted by Crippen LogP contribution is 2.12. The fourth-order valence-electron chi connectivity index (χ4n) is 2.11. The Kier molecular flexibility index (Phi) is 6.56. The Morgan fingerprint density at radius 1 is 1.26 bits per heavy atom. The summed E-state index contributed by atoms with van der Waals surface area (Å²) in [4.78, 5) is 11.8. The summed E-state index contributed by atoms with van der Waals surface area (Å²) in [6.45, 7) is 4.89. The number of aromatic nitrogens is 2. The van der Waals surface area contributed by atoms with Gasteiger partial charge in [-0.2, -0.15) is 5.10 Å². The molecule has 0 atom stereocenters. The van der Waals surface area contributed by atoms with Crippen LogP contribution in [0, 0.1) is 13.8 Å². The second-order valence-electron chi connectivity index (χ2n) is 4.94. The second kappa shape index (κ2) is 7.94. The normalized spacial score (nSPS) is 10.7. The number of unbranched alkanes of at least 4 members (excludes halogenated alkanes) is 3. The van der Waals surface area contributed by atoms with Crippen LogP contribution in [0.1, 0.15) is 42.6 Å². The summed E-state index contributed by atoms with van der Waals surface area (Å²) in [6, 6.07) is 0. The van der Waals surface area contributed by atoms with Gasteiger partial charge in [-0.3, -0.25) is 9.48 Å². The van der Waals surface area contributed by atoms with E-state index in [4.69, 9.17) is 5.11 Å². The lowest BCUT2D eigenvalue weighted by Crippen LogP contribution is -2.26. The molecule has 0 radical (unpaired) electrons. The minimum atomic E-state index is 0.0568. The van der Waals surface area contributed by atoms with Gasteiger partial charge < -0.3 is 10.4 Å². The van der Waals surface area contributed by atoms with Crippen LogP contribution >= 0.6 is 0 Å². The van der Waals surface area contributed by atoms with Crippen molar-refractivity contribution in [3.63, 3.8) is 0 Å². The summed E-state index contributed by atoms with van der Waals surface area (Å²) in [7, 11) is 1.89. The van der Waals surface area contributed by atoms with Gasteiger partial charge >= 0.3 is 0 Å². The average molecular weight is 267 g/mol. The molecule has 0 aliphatic heterocycles. The van der Waals surface area contributed by atoms with Crippen molar-refractivity contribution >= 4 is 5.91 Å². The van der Waals surface area contributed by atoms with Crippen molar-refractivity contribution < 1.29 is 9.90 Å². The molecule has 0 aliphatic carbocycles. The zero-order valence-electron chi connectivity index (χ0n) is 12.2. The van der Waals surface area contributed by atoms with E-state index in [-0.39, 0.29) is 12.5 Å². The first-order valence-corrected chi connectivity index (χ1v) is 6.93. The third-order valence-corrected chi connectivity index (χ3v) is 3.40. The van der Waals surface area contributed by atoms with Gasteiger partial charge in [0.25, 0.3) is 0 Å². The maximum atomic E-state index is 11.8. The van der Waals surface area contributed by atoms with Crippen LogP contribution in [0.3, 0.4) is 0 Å². The fraction of sp³-hybridized carbons (Fsp3) is 0.714. The summed E-state index contributed by atoms with van der Waals surface area (Å²) in [5.74, 6) is 0.0568. The number of aliphatic hydroxyl groups excluding tert-OH is 1. The lowest BCUT2D eigenvalue weighted by Gasteiger charge is -2.05. The topological polar surface area (TPSA) is 67.2 Å². The molecule has 1 rings (SSSR count). The highest BCUT2D eigenvalue weighted by atomic mass is 16.2. The maximum Gasteiger partial charge on any atom is 0.224 e. The summed E-state index contributed by atoms with van der Waals surface area (Å²) in [5, 5.41) is 15.9. The number of carbonyl (C=O) groups excluding carboxylic acids is 1. The van der Waals surface area contributed by atoms with E-state index in [1.807, 2.05) is 25.6 Å². The van der Waals surface area contributed by atoms with E-state index in [1.165, 1.54) is 0 Å². The quantitative estimate of drug-likeness (QED) is 0.697. The first-order valence-electron chi connectivity index (χ1n) is 6.93. The van der Waals surface area contributed by atoms with Crippen LogP contribution in [-0.4, -0.2) is 33.9 Å². The van der Waals surface area contributed by atoms with Gasteiger partial charge in [-0.1, -0.05) is 12.8 Å². The van der Waals surface area contributed by atoms with Crippen molar-refractivity contribution in [3.05, 3.63) is 17.0 Å². The molecular formula is C14H25N3O2. The molecule has 5 heteroatoms. The molecule has 1 amide bonds. The number of hydrogen-bond acceptors (Lipinski definition) is 3. The Balaban J connectivity index is 2.28. The highest BCUT2D eigenvalue weighted by Gasteiger charge is 2.12. The van der Waals surface area contributed by atoms with Crippen LogP contribution in [0.2, 0.25) is 0 Å². The average Bonchev–Trinajstić information content (AvgIpc) is 2.60. The van der Waals surface area contributed by atoms with Crippen LogP contribution in [0.15, 0.2) is 0 Å². The van der Waals surface area contributed by atoms with E-state index in [9.17, 15) is 4.79 Å². The van der Waals surface area contributed by atoms with Gasteiger partial charge in [0, 0.05) is 31.5 Å². The van der Waals surface area contributed by atoms with Crippen molar-refractivity contribution in [3.8, 4) is 0 Å². The Labute approximate surface area is 115 Å². The largest absolute Gasteiger partial charge is 0.396 e. The molecule has 1 heterocycles. The molecule has 2 N–H and O–H groups in total. The molecule has 0 fully saturated rings. The van der Waals surface area contributed by atoms with Gasteiger partial charge in [-0.25, -0.2) is 0 Å². The molecule has 1 aromatic heterocycles. The summed E-state index contributed by atoms with van der Waals surface area (Å²) >= 11 is 0. The van der Waals surface area contributed by atoms with E-state index < -0.39 is 0 Å². The van der Waals surface area contributed by atoms with Crippen LogP contribution in [0.25, 0.3) is 0 Å². The molecule has 0 saturated heterocycles. The third-order valence-electron chi connectivity index (χ3n) is 3.40. The van der Waals surface area contributed by atoms with Crippen molar-refractivity contribution in [1.29, 1.82) is 0 Å². The highest BCUT2D eigenvalue weighted by molar-refractivity contribution is 5.79. The minimum Gasteiger partial charge on any atom is -0.396 e. The van der Waals surface area contributed by atoms with Gasteiger partial charge in [0.15, 0.2) is 0 Å². The molecule has 5 nitrogen and oxygen atoms in total. The Bertz CT molecular complexity index is 413. The van der Waals surface area contributed by atoms with Crippen molar-refractivity contribution in [1.82, 2.24) is 15.1 Å². The number of hydrogen-bond donors (Lipinski definition) is 2. The van der Waals surface area contributed by atoms with Crippen molar-refractivity contribution in [2.24, 2.45) is 7.05 Å². The van der Waals surface area contributed by atoms with E-state index in [1.54, 1.807) is 0 Å². The molecule has 108 valence electrons. The van der Waals surface area contributed by atoms with Gasteiger partial charge in [0.05, 0.1) is 12.1 Å². The summed E-state index contributed by atoms with van der Waals surface area (Å²) < 4.78 is 1.81. The van der Waals surface area contributed by atoms with Gasteiger partial charge in [-0.05, 0) is 26.7 Å². The molecule has 0 bridgehead atoms. The van der Waals surface area contributed by atoms with Crippen molar-refractivity contribution in [2.75, 3.05) is 13.2 Å². The smallest absolute Gasteiger partial charge is 0.224 e. The SMILES string of the molecule is Cc1nn(C)c(C)c1CC(=O)NCCCCCCO. The van der Waals surface area contributed by atoms with Gasteiger partial charge in [0.2, 0.25) is 5.91 Å². The molecule has 0 spiro atoms. The number of aryl methyl sites for hydroxylation is 2. The number of nitrogens with one attached hydrogen (secondary N) is 1. The van der Waals surface area contributed by atoms with Crippen LogP contribution < -0.4 is 5.32 Å². The number of aliphatic hydroxyl groups is 1. The number of nitrogens with zero attached hydrogens (tertiary/aromatic N) is 2. The van der Waals surface area contributed by atoms with Crippen LogP contribution in [0.5, 0.6) is 0 Å². The molecule has 0 aliphatic rings. The fourth-order valence-corrected chi connectivity index (χ4v) is 2.11. The van der Waals surface area contributed by atoms with E-state index in [2.05, 4.69) is 10.4 Å². The lowest BCUT2D eigenvalue weighted by molar-refractivity contribution is -0.120. The molecule has 0 aromatic carbocycles. The van der Waals surface area contributed by atoms with Crippen molar-refractivity contribution in [2.45, 2.75) is 46.0 Å². The first-order chi connectivity index (χ1) is 9.06. The Hall–Kier alpha value is -1.36. The summed E-state index contributed by atoms with van der Waals surface area (Å²) in [6.07, 6.45) is 4.29. The van der Waals surface area contributed by atoms with Crippen LogP contribution in [0.4, 0.5) is 0 Å². The molecular weight excluding hydrogens is 242 g/mol. The number of rotatable bonds is 8. The Morgan fingerprint density at radius 2 is 1.95 bits per heavy atom. The number of amides is 1. The van der Waals surface area contributed by atoms with E-state index in [0.29, 0.717) is 13.0 Å². The second-order valence-corrected chi connectivity index (χ2v) is 4.94. The zero-order chi connectivity index (χ0) is 14.3. The predicted octanol–water partition coefficient (Wildman–Crippen LogP) is 1.25. The predicted molar refractivity (Wildman–Crippen MR) is 74.9 cm³/mol. The molecule has 0 unspecified atom stereocenters. The lowest BCUT2D eigenvalue weighted by atomic mass is 10.1. The molecule has 19 heavy (non-hydrogen) atoms. The monoisotopic (exact) mass is 267 g/mol. The zero-order valence-corrected chi connectivity index (χ0v) is 12.2. The van der Waals surface area contributed by atoms with Gasteiger partial charge in [-0.15, -0.1) is 0 Å². The van der Waals surface area contributed by atoms with Crippen LogP contribution in [-0.2, 0) is 18.3 Å². The summed E-state index contributed by atoms with van der Waals surface area (Å²) in [5.41, 5.74) is 3.01. The van der Waals surface area contributed by atoms with Gasteiger partial charge in [0.1, 0.15) is 0 Å². The number of carbonyl (C=O) groups is 1. The molecule has 1 aromatic rings. The molecule has 0 saturated carbocycles. The first kappa shape index (κ1) is 15.7. The van der Waals surface area contributed by atoms with E-state index in [0.717, 1.165) is 42.6 Å². The standard InChI is InChI=1S/C14H25N3O2/c1-11-13(12(2)17(3)16-11)10-14(19)15-8-6-4-5-7-9-18/h18H,4-10H2,1-3H3,(H,15,19). The maximum absolute atomic E-state index is 11.8. The minimum absolute atomic E-state index is 0.0568. The third kappa shape index (κ3) is 5.03. The van der Waals surface area contributed by atoms with E-state index >= 15 is 0 Å². The Morgan fingerprint density at radius 3 is 2.53 bits per heavy atom.